The van der Waals surface area contributed by atoms with E-state index in [0.717, 1.165) is 17.0 Å². The number of nitrogens with zero attached hydrogens (tertiary/aromatic N) is 2. The summed E-state index contributed by atoms with van der Waals surface area (Å²) in [5.74, 6) is -0.518. The number of nitrogens with two attached hydrogens (primary N) is 1. The van der Waals surface area contributed by atoms with E-state index in [9.17, 15) is 28.4 Å². The number of nitro groups is 1. The summed E-state index contributed by atoms with van der Waals surface area (Å²) < 4.78 is 24.1. The molecule has 0 fully saturated rings. The molecule has 0 aromatic heterocycles. The van der Waals surface area contributed by atoms with Gasteiger partial charge in [0.25, 0.3) is 5.69 Å². The van der Waals surface area contributed by atoms with Gasteiger partial charge in [0, 0.05) is 6.07 Å². The van der Waals surface area contributed by atoms with E-state index in [1.165, 1.54) is 30.3 Å². The molecule has 10 heteroatoms. The van der Waals surface area contributed by atoms with Crippen molar-refractivity contribution in [3.05, 3.63) is 52.6 Å². The molecule has 0 saturated heterocycles. The van der Waals surface area contributed by atoms with Crippen LogP contribution in [0.4, 0.5) is 21.9 Å². The molecular weight excluding hydrogens is 362 g/mol. The first-order valence-corrected chi connectivity index (χ1v) is 9.22. The minimum Gasteiger partial charge on any atom is -0.505 e. The molecule has 0 spiro atoms. The number of amides is 2. The van der Waals surface area contributed by atoms with E-state index in [2.05, 4.69) is 0 Å². The number of non-ortho nitro benzene ring substituents is 1. The van der Waals surface area contributed by atoms with Crippen molar-refractivity contribution in [2.45, 2.75) is 18.2 Å². The third-order valence-electron chi connectivity index (χ3n) is 3.56. The Kier molecular flexibility index (Phi) is 5.46. The average Bonchev–Trinajstić information content (AvgIpc) is 2.56. The highest BCUT2D eigenvalue weighted by atomic mass is 32.2. The minimum atomic E-state index is -3.42. The highest BCUT2D eigenvalue weighted by Gasteiger charge is 2.22. The van der Waals surface area contributed by atoms with Crippen LogP contribution in [0.25, 0.3) is 0 Å². The lowest BCUT2D eigenvalue weighted by atomic mass is 10.2. The van der Waals surface area contributed by atoms with E-state index in [1.807, 2.05) is 0 Å². The SMILES string of the molecule is CCCS(=O)(=O)c1ccc(N(C(N)=O)c2ccc([N+](=O)[O-])cc2O)cc1. The number of rotatable bonds is 6. The van der Waals surface area contributed by atoms with Gasteiger partial charge in [-0.05, 0) is 36.8 Å². The Labute approximate surface area is 149 Å². The van der Waals surface area contributed by atoms with E-state index in [-0.39, 0.29) is 27.7 Å². The Hall–Kier alpha value is -3.14. The number of hydrogen-bond donors (Lipinski definition) is 2. The van der Waals surface area contributed by atoms with Crippen LogP contribution in [0.5, 0.6) is 5.75 Å². The maximum atomic E-state index is 12.1. The third-order valence-corrected chi connectivity index (χ3v) is 5.49. The van der Waals surface area contributed by atoms with E-state index in [4.69, 9.17) is 5.73 Å². The standard InChI is InChI=1S/C16H17N3O6S/c1-2-9-26(24,25)13-6-3-11(4-7-13)18(16(17)21)14-8-5-12(19(22)23)10-15(14)20/h3-8,10,20H,2,9H2,1H3,(H2,17,21). The van der Waals surface area contributed by atoms with Gasteiger partial charge in [0.2, 0.25) is 0 Å². The molecule has 0 heterocycles. The molecule has 9 nitrogen and oxygen atoms in total. The lowest BCUT2D eigenvalue weighted by Gasteiger charge is -2.21. The first-order valence-electron chi connectivity index (χ1n) is 7.57. The summed E-state index contributed by atoms with van der Waals surface area (Å²) in [6, 6.07) is 7.65. The molecule has 2 aromatic rings. The summed E-state index contributed by atoms with van der Waals surface area (Å²) in [5.41, 5.74) is 5.16. The molecule has 3 N–H and O–H groups in total. The predicted molar refractivity (Wildman–Crippen MR) is 95.3 cm³/mol. The van der Waals surface area contributed by atoms with Gasteiger partial charge >= 0.3 is 6.03 Å². The van der Waals surface area contributed by atoms with Crippen LogP contribution in [0, 0.1) is 10.1 Å². The number of hydrogen-bond acceptors (Lipinski definition) is 6. The fourth-order valence-corrected chi connectivity index (χ4v) is 3.71. The van der Waals surface area contributed by atoms with Crippen LogP contribution in [0.3, 0.4) is 0 Å². The highest BCUT2D eigenvalue weighted by Crippen LogP contribution is 2.35. The Morgan fingerprint density at radius 3 is 2.31 bits per heavy atom. The quantitative estimate of drug-likeness (QED) is 0.583. The largest absolute Gasteiger partial charge is 0.505 e. The zero-order valence-corrected chi connectivity index (χ0v) is 14.6. The zero-order valence-electron chi connectivity index (χ0n) is 13.8. The van der Waals surface area contributed by atoms with Crippen LogP contribution in [0.2, 0.25) is 0 Å². The molecule has 0 atom stereocenters. The van der Waals surface area contributed by atoms with Crippen LogP contribution >= 0.6 is 0 Å². The van der Waals surface area contributed by atoms with Gasteiger partial charge in [-0.1, -0.05) is 6.92 Å². The summed E-state index contributed by atoms with van der Waals surface area (Å²) in [7, 11) is -3.42. The molecule has 0 aliphatic carbocycles. The lowest BCUT2D eigenvalue weighted by molar-refractivity contribution is -0.384. The summed E-state index contributed by atoms with van der Waals surface area (Å²) in [6.45, 7) is 1.75. The van der Waals surface area contributed by atoms with Crippen molar-refractivity contribution in [1.82, 2.24) is 0 Å². The number of benzene rings is 2. The summed E-state index contributed by atoms with van der Waals surface area (Å²) >= 11 is 0. The fraction of sp³-hybridized carbons (Fsp3) is 0.188. The topological polar surface area (TPSA) is 144 Å². The number of phenolic OH excluding ortho intramolecular Hbond substituents is 1. The van der Waals surface area contributed by atoms with Gasteiger partial charge in [-0.15, -0.1) is 0 Å². The average molecular weight is 379 g/mol. The lowest BCUT2D eigenvalue weighted by Crippen LogP contribution is -2.31. The van der Waals surface area contributed by atoms with Crippen LogP contribution < -0.4 is 10.6 Å². The number of aromatic hydroxyl groups is 1. The van der Waals surface area contributed by atoms with Crippen molar-refractivity contribution in [3.63, 3.8) is 0 Å². The number of nitro benzene ring substituents is 1. The summed E-state index contributed by atoms with van der Waals surface area (Å²) in [6.07, 6.45) is 0.466. The monoisotopic (exact) mass is 379 g/mol. The first kappa shape index (κ1) is 19.2. The molecule has 0 aliphatic rings. The van der Waals surface area contributed by atoms with Crippen LogP contribution in [-0.2, 0) is 9.84 Å². The van der Waals surface area contributed by atoms with Gasteiger partial charge in [0.05, 0.1) is 33.0 Å². The minimum absolute atomic E-state index is 0.00494. The Morgan fingerprint density at radius 2 is 1.85 bits per heavy atom. The molecule has 0 aliphatic heterocycles. The zero-order chi connectivity index (χ0) is 19.5. The number of carbonyl (C=O) groups is 1. The van der Waals surface area contributed by atoms with Crippen molar-refractivity contribution in [1.29, 1.82) is 0 Å². The second-order valence-electron chi connectivity index (χ2n) is 5.42. The smallest absolute Gasteiger partial charge is 0.324 e. The third kappa shape index (κ3) is 3.91. The maximum absolute atomic E-state index is 12.1. The van der Waals surface area contributed by atoms with Crippen LogP contribution in [0.15, 0.2) is 47.4 Å². The second-order valence-corrected chi connectivity index (χ2v) is 7.53. The number of sulfone groups is 1. The molecule has 0 saturated carbocycles. The molecule has 0 unspecified atom stereocenters. The molecule has 2 aromatic carbocycles. The van der Waals surface area contributed by atoms with Gasteiger partial charge in [-0.3, -0.25) is 15.0 Å². The van der Waals surface area contributed by atoms with Crippen molar-refractivity contribution >= 4 is 32.9 Å². The van der Waals surface area contributed by atoms with Gasteiger partial charge in [0.1, 0.15) is 5.75 Å². The Balaban J connectivity index is 2.46. The van der Waals surface area contributed by atoms with Crippen LogP contribution in [-0.4, -0.2) is 30.2 Å². The molecule has 2 rings (SSSR count). The van der Waals surface area contributed by atoms with Gasteiger partial charge in [0.15, 0.2) is 9.84 Å². The van der Waals surface area contributed by atoms with Crippen molar-refractivity contribution in [3.8, 4) is 5.75 Å². The van der Waals surface area contributed by atoms with Gasteiger partial charge in [-0.25, -0.2) is 13.2 Å². The number of anilines is 2. The highest BCUT2D eigenvalue weighted by molar-refractivity contribution is 7.91. The molecule has 138 valence electrons. The Bertz CT molecular complexity index is 941. The van der Waals surface area contributed by atoms with Crippen LogP contribution in [0.1, 0.15) is 13.3 Å². The fourth-order valence-electron chi connectivity index (χ4n) is 2.39. The maximum Gasteiger partial charge on any atom is 0.324 e. The van der Waals surface area contributed by atoms with E-state index in [1.54, 1.807) is 6.92 Å². The number of carbonyl (C=O) groups excluding carboxylic acids is 1. The van der Waals surface area contributed by atoms with Gasteiger partial charge < -0.3 is 10.8 Å². The normalized spacial score (nSPS) is 11.1. The summed E-state index contributed by atoms with van der Waals surface area (Å²) in [5, 5.41) is 20.8. The van der Waals surface area contributed by atoms with E-state index >= 15 is 0 Å². The molecule has 2 amide bonds. The van der Waals surface area contributed by atoms with Gasteiger partial charge in [-0.2, -0.15) is 0 Å². The predicted octanol–water partition coefficient (Wildman–Crippen LogP) is 2.70. The molecular formula is C16H17N3O6S. The first-order chi connectivity index (χ1) is 12.2. The Morgan fingerprint density at radius 1 is 1.23 bits per heavy atom. The van der Waals surface area contributed by atoms with Crippen molar-refractivity contribution in [2.24, 2.45) is 5.73 Å². The number of urea groups is 1. The van der Waals surface area contributed by atoms with Crippen molar-refractivity contribution in [2.75, 3.05) is 10.7 Å². The van der Waals surface area contributed by atoms with E-state index < -0.39 is 26.5 Å². The molecule has 0 bridgehead atoms. The van der Waals surface area contributed by atoms with Crippen molar-refractivity contribution < 1.29 is 23.2 Å². The summed E-state index contributed by atoms with van der Waals surface area (Å²) in [4.78, 5) is 22.9. The van der Waals surface area contributed by atoms with E-state index in [0.29, 0.717) is 6.42 Å². The second kappa shape index (κ2) is 7.40. The molecule has 26 heavy (non-hydrogen) atoms. The number of phenols is 1. The molecule has 0 radical (unpaired) electrons. The number of primary amides is 1.